The molecule has 0 spiro atoms. The monoisotopic (exact) mass is 201 g/mol. The van der Waals surface area contributed by atoms with Crippen LogP contribution in [0.5, 0.6) is 5.75 Å². The largest absolute Gasteiger partial charge is 0.490 e. The van der Waals surface area contributed by atoms with Crippen molar-refractivity contribution < 1.29 is 9.13 Å². The minimum Gasteiger partial charge on any atom is -0.490 e. The van der Waals surface area contributed by atoms with E-state index in [1.165, 1.54) is 6.07 Å². The van der Waals surface area contributed by atoms with Crippen LogP contribution >= 0.6 is 11.6 Å². The van der Waals surface area contributed by atoms with Gasteiger partial charge in [-0.05, 0) is 6.07 Å². The molecule has 13 heavy (non-hydrogen) atoms. The van der Waals surface area contributed by atoms with Gasteiger partial charge in [-0.3, -0.25) is 0 Å². The van der Waals surface area contributed by atoms with Gasteiger partial charge in [0.2, 0.25) is 0 Å². The van der Waals surface area contributed by atoms with Crippen LogP contribution in [0.25, 0.3) is 0 Å². The Morgan fingerprint density at radius 2 is 2.31 bits per heavy atom. The molecule has 0 fully saturated rings. The van der Waals surface area contributed by atoms with Crippen LogP contribution in [0.1, 0.15) is 18.0 Å². The lowest BCUT2D eigenvalue weighted by molar-refractivity contribution is 0.255. The van der Waals surface area contributed by atoms with Gasteiger partial charge in [-0.25, -0.2) is 4.39 Å². The van der Waals surface area contributed by atoms with E-state index in [0.717, 1.165) is 0 Å². The molecule has 2 nitrogen and oxygen atoms in total. The Morgan fingerprint density at radius 1 is 1.54 bits per heavy atom. The number of halogens is 2. The molecule has 0 amide bonds. The van der Waals surface area contributed by atoms with Crippen LogP contribution in [0.15, 0.2) is 12.1 Å². The number of ether oxygens (including phenoxy) is 1. The van der Waals surface area contributed by atoms with Crippen LogP contribution in [-0.4, -0.2) is 6.61 Å². The fourth-order valence-electron chi connectivity index (χ4n) is 1.43. The molecule has 70 valence electrons. The predicted octanol–water partition coefficient (Wildman–Crippen LogP) is 2.26. The second-order valence-electron chi connectivity index (χ2n) is 3.02. The third-order valence-electron chi connectivity index (χ3n) is 2.16. The van der Waals surface area contributed by atoms with Crippen LogP contribution in [-0.2, 0) is 0 Å². The molecule has 1 heterocycles. The molecule has 1 unspecified atom stereocenters. The Morgan fingerprint density at radius 3 is 3.08 bits per heavy atom. The molecule has 0 aliphatic carbocycles. The first-order chi connectivity index (χ1) is 6.20. The van der Waals surface area contributed by atoms with Crippen molar-refractivity contribution in [2.75, 3.05) is 6.61 Å². The summed E-state index contributed by atoms with van der Waals surface area (Å²) in [4.78, 5) is 0. The lowest BCUT2D eigenvalue weighted by atomic mass is 10.0. The van der Waals surface area contributed by atoms with Crippen molar-refractivity contribution >= 4 is 11.6 Å². The highest BCUT2D eigenvalue weighted by Gasteiger charge is 2.22. The summed E-state index contributed by atoms with van der Waals surface area (Å²) in [6.07, 6.45) is 0.716. The highest BCUT2D eigenvalue weighted by atomic mass is 35.5. The number of hydrogen-bond acceptors (Lipinski definition) is 2. The molecule has 1 aliphatic heterocycles. The molecule has 1 aromatic carbocycles. The third-order valence-corrected chi connectivity index (χ3v) is 2.45. The molecule has 1 atom stereocenters. The lowest BCUT2D eigenvalue weighted by Gasteiger charge is -2.23. The van der Waals surface area contributed by atoms with E-state index in [9.17, 15) is 4.39 Å². The number of rotatable bonds is 0. The van der Waals surface area contributed by atoms with E-state index in [-0.39, 0.29) is 16.8 Å². The third kappa shape index (κ3) is 1.38. The summed E-state index contributed by atoms with van der Waals surface area (Å²) in [5.41, 5.74) is 6.48. The zero-order valence-electron chi connectivity index (χ0n) is 6.89. The van der Waals surface area contributed by atoms with Gasteiger partial charge in [-0.2, -0.15) is 0 Å². The maximum atomic E-state index is 13.3. The highest BCUT2D eigenvalue weighted by molar-refractivity contribution is 6.30. The zero-order chi connectivity index (χ0) is 9.42. The lowest BCUT2D eigenvalue weighted by Crippen LogP contribution is -2.21. The van der Waals surface area contributed by atoms with Crippen LogP contribution < -0.4 is 10.5 Å². The Bertz CT molecular complexity index is 343. The van der Waals surface area contributed by atoms with E-state index in [2.05, 4.69) is 0 Å². The summed E-state index contributed by atoms with van der Waals surface area (Å²) in [6, 6.07) is 3.07. The average Bonchev–Trinajstić information content (AvgIpc) is 2.12. The predicted molar refractivity (Wildman–Crippen MR) is 48.5 cm³/mol. The van der Waals surface area contributed by atoms with Crippen molar-refractivity contribution in [2.24, 2.45) is 5.73 Å². The van der Waals surface area contributed by atoms with E-state index < -0.39 is 5.82 Å². The molecular weight excluding hydrogens is 193 g/mol. The Balaban J connectivity index is 2.56. The van der Waals surface area contributed by atoms with Gasteiger partial charge >= 0.3 is 0 Å². The van der Waals surface area contributed by atoms with Gasteiger partial charge in [-0.1, -0.05) is 17.7 Å². The van der Waals surface area contributed by atoms with E-state index in [0.29, 0.717) is 18.6 Å². The number of benzene rings is 1. The normalized spacial score (nSPS) is 20.7. The first kappa shape index (κ1) is 8.78. The molecule has 4 heteroatoms. The van der Waals surface area contributed by atoms with Gasteiger partial charge in [-0.15, -0.1) is 0 Å². The summed E-state index contributed by atoms with van der Waals surface area (Å²) in [5, 5.41) is 0.0767. The highest BCUT2D eigenvalue weighted by Crippen LogP contribution is 2.35. The van der Waals surface area contributed by atoms with Gasteiger partial charge in [0.1, 0.15) is 0 Å². The molecular formula is C9H9ClFNO. The molecule has 2 rings (SSSR count). The average molecular weight is 202 g/mol. The number of hydrogen-bond donors (Lipinski definition) is 1. The molecule has 2 N–H and O–H groups in total. The minimum absolute atomic E-state index is 0.0767. The minimum atomic E-state index is -0.505. The van der Waals surface area contributed by atoms with Crippen molar-refractivity contribution in [2.45, 2.75) is 12.5 Å². The number of nitrogens with two attached hydrogens (primary N) is 1. The smallest absolute Gasteiger partial charge is 0.183 e. The standard InChI is InChI=1S/C9H9ClFNO/c10-6-2-1-5-7(12)3-4-13-9(5)8(6)11/h1-2,7H,3-4,12H2. The Kier molecular flexibility index (Phi) is 2.14. The van der Waals surface area contributed by atoms with Crippen molar-refractivity contribution in [3.8, 4) is 5.75 Å². The van der Waals surface area contributed by atoms with Crippen LogP contribution in [0.4, 0.5) is 4.39 Å². The van der Waals surface area contributed by atoms with E-state index >= 15 is 0 Å². The molecule has 0 aromatic heterocycles. The first-order valence-electron chi connectivity index (χ1n) is 4.06. The summed E-state index contributed by atoms with van der Waals surface area (Å²) < 4.78 is 18.5. The van der Waals surface area contributed by atoms with Gasteiger partial charge in [0, 0.05) is 18.0 Å². The van der Waals surface area contributed by atoms with Gasteiger partial charge in [0.05, 0.1) is 11.6 Å². The molecule has 0 radical (unpaired) electrons. The fourth-order valence-corrected chi connectivity index (χ4v) is 1.58. The van der Waals surface area contributed by atoms with E-state index in [1.54, 1.807) is 6.07 Å². The fraction of sp³-hybridized carbons (Fsp3) is 0.333. The first-order valence-corrected chi connectivity index (χ1v) is 4.44. The molecule has 1 aliphatic rings. The van der Waals surface area contributed by atoms with Crippen molar-refractivity contribution in [1.29, 1.82) is 0 Å². The SMILES string of the molecule is NC1CCOc2c1ccc(Cl)c2F. The summed E-state index contributed by atoms with van der Waals surface area (Å²) >= 11 is 5.60. The molecule has 0 saturated carbocycles. The zero-order valence-corrected chi connectivity index (χ0v) is 7.64. The van der Waals surface area contributed by atoms with Gasteiger partial charge < -0.3 is 10.5 Å². The van der Waals surface area contributed by atoms with Gasteiger partial charge in [0.25, 0.3) is 0 Å². The van der Waals surface area contributed by atoms with Crippen LogP contribution in [0.2, 0.25) is 5.02 Å². The van der Waals surface area contributed by atoms with Crippen molar-refractivity contribution in [3.05, 3.63) is 28.5 Å². The Hall–Kier alpha value is -0.800. The van der Waals surface area contributed by atoms with Crippen molar-refractivity contribution in [3.63, 3.8) is 0 Å². The summed E-state index contributed by atoms with van der Waals surface area (Å²) in [5.74, 6) is -0.291. The van der Waals surface area contributed by atoms with E-state index in [4.69, 9.17) is 22.1 Å². The van der Waals surface area contributed by atoms with Crippen LogP contribution in [0, 0.1) is 5.82 Å². The Labute approximate surface area is 80.4 Å². The quantitative estimate of drug-likeness (QED) is 0.699. The van der Waals surface area contributed by atoms with Gasteiger partial charge in [0.15, 0.2) is 11.6 Å². The topological polar surface area (TPSA) is 35.2 Å². The number of fused-ring (bicyclic) bond motifs is 1. The molecule has 0 bridgehead atoms. The summed E-state index contributed by atoms with van der Waals surface area (Å²) in [6.45, 7) is 0.450. The van der Waals surface area contributed by atoms with E-state index in [1.807, 2.05) is 0 Å². The molecule has 0 saturated heterocycles. The second kappa shape index (κ2) is 3.16. The maximum absolute atomic E-state index is 13.3. The molecule has 1 aromatic rings. The van der Waals surface area contributed by atoms with Crippen LogP contribution in [0.3, 0.4) is 0 Å². The second-order valence-corrected chi connectivity index (χ2v) is 3.43. The maximum Gasteiger partial charge on any atom is 0.183 e. The van der Waals surface area contributed by atoms with Crippen molar-refractivity contribution in [1.82, 2.24) is 0 Å². The summed E-state index contributed by atoms with van der Waals surface area (Å²) in [7, 11) is 0.